The topological polar surface area (TPSA) is 44.8 Å². The Kier molecular flexibility index (Phi) is 8.75. The van der Waals surface area contributed by atoms with Gasteiger partial charge in [0.05, 0.1) is 7.11 Å². The van der Waals surface area contributed by atoms with Crippen molar-refractivity contribution >= 4 is 29.9 Å². The highest BCUT2D eigenvalue weighted by Gasteiger charge is 2.06. The average Bonchev–Trinajstić information content (AvgIpc) is 2.80. The van der Waals surface area contributed by atoms with Gasteiger partial charge in [0.1, 0.15) is 23.3 Å². The third-order valence-corrected chi connectivity index (χ3v) is 5.42. The third kappa shape index (κ3) is 7.46. The quantitative estimate of drug-likeness (QED) is 0.160. The van der Waals surface area contributed by atoms with Gasteiger partial charge in [-0.05, 0) is 59.5 Å². The van der Waals surface area contributed by atoms with Crippen LogP contribution in [-0.2, 0) is 15.3 Å². The van der Waals surface area contributed by atoms with Gasteiger partial charge in [0, 0.05) is 5.75 Å². The SMILES string of the molecule is COC(=O)COc1ccc(OCSCc2ccc(C=Cc3cccc(F)c3)cc2)cc1C. The first-order valence-corrected chi connectivity index (χ1v) is 11.2. The van der Waals surface area contributed by atoms with E-state index < -0.39 is 5.97 Å². The third-order valence-electron chi connectivity index (χ3n) is 4.59. The highest BCUT2D eigenvalue weighted by molar-refractivity contribution is 7.98. The fraction of sp³-hybridized carbons (Fsp3) is 0.192. The van der Waals surface area contributed by atoms with Crippen LogP contribution in [0.1, 0.15) is 22.3 Å². The molecule has 0 bridgehead atoms. The minimum absolute atomic E-state index is 0.118. The Balaban J connectivity index is 1.42. The smallest absolute Gasteiger partial charge is 0.343 e. The summed E-state index contributed by atoms with van der Waals surface area (Å²) in [6.45, 7) is 1.78. The zero-order valence-corrected chi connectivity index (χ0v) is 18.9. The van der Waals surface area contributed by atoms with Crippen LogP contribution in [0.5, 0.6) is 11.5 Å². The van der Waals surface area contributed by atoms with Gasteiger partial charge < -0.3 is 14.2 Å². The van der Waals surface area contributed by atoms with Crippen LogP contribution in [0.4, 0.5) is 4.39 Å². The highest BCUT2D eigenvalue weighted by atomic mass is 32.2. The Morgan fingerprint density at radius 2 is 1.75 bits per heavy atom. The number of ether oxygens (including phenoxy) is 3. The Labute approximate surface area is 192 Å². The van der Waals surface area contributed by atoms with E-state index in [0.29, 0.717) is 11.7 Å². The molecular weight excluding hydrogens is 427 g/mol. The van der Waals surface area contributed by atoms with E-state index in [2.05, 4.69) is 16.9 Å². The van der Waals surface area contributed by atoms with E-state index in [0.717, 1.165) is 28.2 Å². The molecule has 0 radical (unpaired) electrons. The molecule has 0 saturated heterocycles. The predicted molar refractivity (Wildman–Crippen MR) is 127 cm³/mol. The first-order valence-electron chi connectivity index (χ1n) is 10.1. The number of thioether (sulfide) groups is 1. The van der Waals surface area contributed by atoms with Crippen LogP contribution in [0.3, 0.4) is 0 Å². The van der Waals surface area contributed by atoms with Gasteiger partial charge in [-0.3, -0.25) is 0 Å². The number of methoxy groups -OCH3 is 1. The molecule has 4 nitrogen and oxygen atoms in total. The molecule has 3 aromatic rings. The molecule has 0 unspecified atom stereocenters. The van der Waals surface area contributed by atoms with Gasteiger partial charge in [-0.1, -0.05) is 48.6 Å². The van der Waals surface area contributed by atoms with Crippen molar-refractivity contribution < 1.29 is 23.4 Å². The van der Waals surface area contributed by atoms with Crippen LogP contribution in [0.2, 0.25) is 0 Å². The van der Waals surface area contributed by atoms with Crippen molar-refractivity contribution in [3.05, 3.63) is 94.8 Å². The molecule has 0 aliphatic heterocycles. The first-order chi connectivity index (χ1) is 15.5. The fourth-order valence-corrected chi connectivity index (χ4v) is 3.60. The monoisotopic (exact) mass is 452 g/mol. The molecule has 166 valence electrons. The molecule has 0 saturated carbocycles. The molecule has 0 fully saturated rings. The van der Waals surface area contributed by atoms with E-state index >= 15 is 0 Å². The zero-order valence-electron chi connectivity index (χ0n) is 18.0. The van der Waals surface area contributed by atoms with E-state index in [1.54, 1.807) is 23.9 Å². The van der Waals surface area contributed by atoms with Crippen molar-refractivity contribution in [2.75, 3.05) is 19.7 Å². The lowest BCUT2D eigenvalue weighted by Gasteiger charge is -2.11. The first kappa shape index (κ1) is 23.4. The van der Waals surface area contributed by atoms with Crippen LogP contribution in [0.15, 0.2) is 66.7 Å². The molecular formula is C26H25FO4S. The summed E-state index contributed by atoms with van der Waals surface area (Å²) >= 11 is 1.67. The van der Waals surface area contributed by atoms with Crippen LogP contribution in [-0.4, -0.2) is 25.6 Å². The number of esters is 1. The summed E-state index contributed by atoms with van der Waals surface area (Å²) in [5.74, 6) is 2.06. The molecule has 0 N–H and O–H groups in total. The Morgan fingerprint density at radius 1 is 0.969 bits per heavy atom. The minimum Gasteiger partial charge on any atom is -0.483 e. The van der Waals surface area contributed by atoms with Crippen LogP contribution in [0, 0.1) is 12.7 Å². The Morgan fingerprint density at radius 3 is 2.47 bits per heavy atom. The van der Waals surface area contributed by atoms with Crippen LogP contribution >= 0.6 is 11.8 Å². The van der Waals surface area contributed by atoms with Crippen LogP contribution in [0.25, 0.3) is 12.2 Å². The number of halogens is 1. The van der Waals surface area contributed by atoms with Gasteiger partial charge in [-0.25, -0.2) is 9.18 Å². The van der Waals surface area contributed by atoms with Crippen molar-refractivity contribution in [3.63, 3.8) is 0 Å². The lowest BCUT2D eigenvalue weighted by Crippen LogP contribution is -2.13. The van der Waals surface area contributed by atoms with Crippen molar-refractivity contribution in [1.29, 1.82) is 0 Å². The lowest BCUT2D eigenvalue weighted by atomic mass is 10.1. The Bertz CT molecular complexity index is 1060. The number of rotatable bonds is 10. The largest absolute Gasteiger partial charge is 0.483 e. The lowest BCUT2D eigenvalue weighted by molar-refractivity contribution is -0.142. The maximum Gasteiger partial charge on any atom is 0.343 e. The minimum atomic E-state index is -0.420. The fourth-order valence-electron chi connectivity index (χ4n) is 2.87. The van der Waals surface area contributed by atoms with Gasteiger partial charge >= 0.3 is 5.97 Å². The van der Waals surface area contributed by atoms with Gasteiger partial charge in [0.25, 0.3) is 0 Å². The van der Waals surface area contributed by atoms with Crippen molar-refractivity contribution in [2.24, 2.45) is 0 Å². The number of aryl methyl sites for hydroxylation is 1. The Hall–Kier alpha value is -3.25. The van der Waals surface area contributed by atoms with E-state index in [9.17, 15) is 9.18 Å². The molecule has 6 heteroatoms. The second-order valence-corrected chi connectivity index (χ2v) is 7.97. The molecule has 0 aromatic heterocycles. The molecule has 0 heterocycles. The summed E-state index contributed by atoms with van der Waals surface area (Å²) in [6, 6.07) is 20.2. The number of carbonyl (C=O) groups excluding carboxylic acids is 1. The molecule has 3 rings (SSSR count). The average molecular weight is 453 g/mol. The molecule has 3 aromatic carbocycles. The van der Waals surface area contributed by atoms with E-state index in [1.807, 2.05) is 49.4 Å². The van der Waals surface area contributed by atoms with Gasteiger partial charge in [0.15, 0.2) is 6.61 Å². The maximum atomic E-state index is 13.2. The normalized spacial score (nSPS) is 10.8. The van der Waals surface area contributed by atoms with Crippen LogP contribution < -0.4 is 9.47 Å². The number of hydrogen-bond acceptors (Lipinski definition) is 5. The summed E-state index contributed by atoms with van der Waals surface area (Å²) in [5.41, 5.74) is 3.98. The summed E-state index contributed by atoms with van der Waals surface area (Å²) in [7, 11) is 1.33. The maximum absolute atomic E-state index is 13.2. The summed E-state index contributed by atoms with van der Waals surface area (Å²) < 4.78 is 29.0. The molecule has 0 amide bonds. The van der Waals surface area contributed by atoms with Crippen molar-refractivity contribution in [3.8, 4) is 11.5 Å². The number of hydrogen-bond donors (Lipinski definition) is 0. The summed E-state index contributed by atoms with van der Waals surface area (Å²) in [5, 5.41) is 0. The summed E-state index contributed by atoms with van der Waals surface area (Å²) in [4.78, 5) is 11.2. The second kappa shape index (κ2) is 12.0. The van der Waals surface area contributed by atoms with Gasteiger partial charge in [-0.15, -0.1) is 11.8 Å². The second-order valence-electron chi connectivity index (χ2n) is 7.03. The summed E-state index contributed by atoms with van der Waals surface area (Å²) in [6.07, 6.45) is 3.87. The highest BCUT2D eigenvalue weighted by Crippen LogP contribution is 2.24. The number of benzene rings is 3. The zero-order chi connectivity index (χ0) is 22.8. The van der Waals surface area contributed by atoms with Crippen molar-refractivity contribution in [2.45, 2.75) is 12.7 Å². The molecule has 0 atom stereocenters. The van der Waals surface area contributed by atoms with Gasteiger partial charge in [-0.2, -0.15) is 0 Å². The standard InChI is InChI=1S/C26H25FO4S/c1-19-14-24(12-13-25(19)30-16-26(28)29-2)31-18-32-17-22-10-7-20(8-11-22)6-9-21-4-3-5-23(27)15-21/h3-15H,16-18H2,1-2H3. The van der Waals surface area contributed by atoms with Gasteiger partial charge in [0.2, 0.25) is 0 Å². The van der Waals surface area contributed by atoms with E-state index in [1.165, 1.54) is 24.8 Å². The molecule has 0 spiro atoms. The number of carbonyl (C=O) groups is 1. The van der Waals surface area contributed by atoms with E-state index in [-0.39, 0.29) is 12.4 Å². The molecule has 0 aliphatic rings. The predicted octanol–water partition coefficient (Wildman–Crippen LogP) is 6.13. The van der Waals surface area contributed by atoms with Crippen molar-refractivity contribution in [1.82, 2.24) is 0 Å². The molecule has 32 heavy (non-hydrogen) atoms. The van der Waals surface area contributed by atoms with E-state index in [4.69, 9.17) is 9.47 Å². The molecule has 0 aliphatic carbocycles.